The van der Waals surface area contributed by atoms with Crippen molar-refractivity contribution in [1.29, 1.82) is 0 Å². The molecule has 0 unspecified atom stereocenters. The van der Waals surface area contributed by atoms with Crippen LogP contribution in [0.5, 0.6) is 0 Å². The normalized spacial score (nSPS) is 13.7. The van der Waals surface area contributed by atoms with E-state index in [0.29, 0.717) is 5.16 Å². The molecular formula is C6H12Br6Si2. The molecule has 0 radical (unpaired) electrons. The molecule has 0 saturated carbocycles. The minimum absolute atomic E-state index is 0.613. The van der Waals surface area contributed by atoms with Crippen LogP contribution in [0.3, 0.4) is 0 Å². The molecule has 0 fully saturated rings. The Bertz CT molecular complexity index is 149. The summed E-state index contributed by atoms with van der Waals surface area (Å²) in [5, 5.41) is 0.613. The highest BCUT2D eigenvalue weighted by molar-refractivity contribution is 9.74. The third-order valence-electron chi connectivity index (χ3n) is 1.89. The van der Waals surface area contributed by atoms with Gasteiger partial charge < -0.3 is 0 Å². The molecule has 0 aromatic rings. The van der Waals surface area contributed by atoms with Gasteiger partial charge in [-0.25, -0.2) is 0 Å². The molecule has 0 aliphatic rings. The minimum atomic E-state index is -1.61. The second-order valence-electron chi connectivity index (χ2n) is 3.13. The van der Waals surface area contributed by atoms with E-state index < -0.39 is 7.86 Å². The van der Waals surface area contributed by atoms with E-state index >= 15 is 0 Å². The van der Waals surface area contributed by atoms with Crippen molar-refractivity contribution in [2.45, 2.75) is 37.8 Å². The summed E-state index contributed by atoms with van der Waals surface area (Å²) >= 11 is 22.5. The Morgan fingerprint density at radius 3 is 1.57 bits per heavy atom. The van der Waals surface area contributed by atoms with Gasteiger partial charge in [-0.15, -0.1) is 0 Å². The van der Waals surface area contributed by atoms with Crippen molar-refractivity contribution in [3.63, 3.8) is 0 Å². The molecule has 0 spiro atoms. The van der Waals surface area contributed by atoms with Crippen LogP contribution >= 0.6 is 91.8 Å². The molecular weight excluding hydrogens is 608 g/mol. The van der Waals surface area contributed by atoms with Crippen molar-refractivity contribution in [3.05, 3.63) is 0 Å². The summed E-state index contributed by atoms with van der Waals surface area (Å²) in [5.41, 5.74) is 0. The number of halogens is 6. The quantitative estimate of drug-likeness (QED) is 0.176. The predicted octanol–water partition coefficient (Wildman–Crippen LogP) is 6.72. The summed E-state index contributed by atoms with van der Waals surface area (Å²) in [7, 11) is 0. The van der Waals surface area contributed by atoms with Crippen LogP contribution in [-0.2, 0) is 0 Å². The predicted molar refractivity (Wildman–Crippen MR) is 93.0 cm³/mol. The van der Waals surface area contributed by atoms with Crippen molar-refractivity contribution in [2.24, 2.45) is 0 Å². The van der Waals surface area contributed by atoms with Crippen LogP contribution in [0.15, 0.2) is 0 Å². The SMILES string of the molecule is CCCCCC([Si](Br)(Br)Br)[Si](Br)(Br)Br. The molecule has 0 amide bonds. The van der Waals surface area contributed by atoms with Gasteiger partial charge in [-0.2, -0.15) is 0 Å². The van der Waals surface area contributed by atoms with Crippen LogP contribution in [0.1, 0.15) is 32.6 Å². The molecule has 0 rings (SSSR count). The van der Waals surface area contributed by atoms with Crippen molar-refractivity contribution >= 4 is 99.6 Å². The molecule has 14 heavy (non-hydrogen) atoms. The lowest BCUT2D eigenvalue weighted by molar-refractivity contribution is 0.687. The van der Waals surface area contributed by atoms with Crippen molar-refractivity contribution in [3.8, 4) is 0 Å². The number of hydrogen-bond donors (Lipinski definition) is 0. The summed E-state index contributed by atoms with van der Waals surface area (Å²) in [4.78, 5) is 0. The molecule has 0 heterocycles. The fourth-order valence-corrected chi connectivity index (χ4v) is 51.2. The first-order valence-corrected chi connectivity index (χ1v) is 22.0. The fraction of sp³-hybridized carbons (Fsp3) is 1.00. The van der Waals surface area contributed by atoms with Crippen LogP contribution < -0.4 is 0 Å². The molecule has 0 aliphatic carbocycles. The standard InChI is InChI=1S/C6H12Br6Si2/c1-2-3-4-5-6(13(7,8)9)14(10,11)12/h6H,2-5H2,1H3. The zero-order chi connectivity index (χ0) is 11.4. The number of unbranched alkanes of at least 4 members (excludes halogenated alkanes) is 2. The summed E-state index contributed by atoms with van der Waals surface area (Å²) in [6.45, 7) is 2.23. The van der Waals surface area contributed by atoms with E-state index in [0.717, 1.165) is 0 Å². The largest absolute Gasteiger partial charge is 0.270 e. The maximum Gasteiger partial charge on any atom is 0.270 e. The summed E-state index contributed by atoms with van der Waals surface area (Å²) in [6, 6.07) is 0. The summed E-state index contributed by atoms with van der Waals surface area (Å²) < 4.78 is -3.23. The van der Waals surface area contributed by atoms with E-state index in [1.54, 1.807) is 0 Å². The van der Waals surface area contributed by atoms with Gasteiger partial charge in [-0.1, -0.05) is 124 Å². The third kappa shape index (κ3) is 7.60. The van der Waals surface area contributed by atoms with Crippen LogP contribution in [0.2, 0.25) is 5.16 Å². The Kier molecular flexibility index (Phi) is 9.50. The first-order valence-electron chi connectivity index (χ1n) is 4.33. The van der Waals surface area contributed by atoms with E-state index in [-0.39, 0.29) is 0 Å². The molecule has 0 N–H and O–H groups in total. The Balaban J connectivity index is 4.28. The molecule has 0 aromatic carbocycles. The molecule has 0 nitrogen and oxygen atoms in total. The van der Waals surface area contributed by atoms with Crippen LogP contribution in [0, 0.1) is 0 Å². The Hall–Kier alpha value is 3.31. The molecule has 0 bridgehead atoms. The topological polar surface area (TPSA) is 0 Å². The molecule has 0 saturated heterocycles. The monoisotopic (exact) mass is 614 g/mol. The average molecular weight is 620 g/mol. The molecule has 0 atom stereocenters. The summed E-state index contributed by atoms with van der Waals surface area (Å²) in [6.07, 6.45) is 5.10. The highest BCUT2D eigenvalue weighted by Crippen LogP contribution is 2.54. The van der Waals surface area contributed by atoms with E-state index in [9.17, 15) is 0 Å². The van der Waals surface area contributed by atoms with E-state index in [1.165, 1.54) is 25.7 Å². The van der Waals surface area contributed by atoms with Gasteiger partial charge in [-0.3, -0.25) is 0 Å². The first kappa shape index (κ1) is 17.3. The zero-order valence-corrected chi connectivity index (χ0v) is 19.2. The van der Waals surface area contributed by atoms with E-state index in [2.05, 4.69) is 98.7 Å². The van der Waals surface area contributed by atoms with Gasteiger partial charge in [0.25, 0.3) is 7.86 Å². The number of rotatable bonds is 6. The van der Waals surface area contributed by atoms with Gasteiger partial charge in [0.1, 0.15) is 0 Å². The molecule has 0 aromatic heterocycles. The zero-order valence-electron chi connectivity index (χ0n) is 7.67. The third-order valence-corrected chi connectivity index (χ3v) is 24.2. The van der Waals surface area contributed by atoms with Gasteiger partial charge in [0.15, 0.2) is 0 Å². The van der Waals surface area contributed by atoms with Crippen molar-refractivity contribution < 1.29 is 0 Å². The van der Waals surface area contributed by atoms with Gasteiger partial charge in [-0.05, 0) is 0 Å². The van der Waals surface area contributed by atoms with Gasteiger partial charge in [0.2, 0.25) is 0 Å². The molecule has 86 valence electrons. The van der Waals surface area contributed by atoms with E-state index in [1.807, 2.05) is 0 Å². The second-order valence-corrected chi connectivity index (χ2v) is 48.9. The van der Waals surface area contributed by atoms with E-state index in [4.69, 9.17) is 0 Å². The van der Waals surface area contributed by atoms with Gasteiger partial charge >= 0.3 is 0 Å². The van der Waals surface area contributed by atoms with Crippen molar-refractivity contribution in [1.82, 2.24) is 0 Å². The van der Waals surface area contributed by atoms with Gasteiger partial charge in [0.05, 0.1) is 0 Å². The van der Waals surface area contributed by atoms with Crippen LogP contribution in [0.4, 0.5) is 0 Å². The Morgan fingerprint density at radius 1 is 0.857 bits per heavy atom. The Labute approximate surface area is 135 Å². The highest BCUT2D eigenvalue weighted by Gasteiger charge is 2.47. The minimum Gasteiger partial charge on any atom is -0.0963 e. The highest BCUT2D eigenvalue weighted by atomic mass is 80.0. The lowest BCUT2D eigenvalue weighted by Crippen LogP contribution is -2.32. The lowest BCUT2D eigenvalue weighted by atomic mass is 10.2. The molecule has 0 aliphatic heterocycles. The Morgan fingerprint density at radius 2 is 1.29 bits per heavy atom. The van der Waals surface area contributed by atoms with Crippen LogP contribution in [-0.4, -0.2) is 7.86 Å². The molecule has 8 heteroatoms. The maximum absolute atomic E-state index is 3.75. The van der Waals surface area contributed by atoms with Crippen LogP contribution in [0.25, 0.3) is 0 Å². The first-order chi connectivity index (χ1) is 6.19. The smallest absolute Gasteiger partial charge is 0.0963 e. The summed E-state index contributed by atoms with van der Waals surface area (Å²) in [5.74, 6) is 0. The second kappa shape index (κ2) is 7.68. The number of hydrogen-bond acceptors (Lipinski definition) is 0. The van der Waals surface area contributed by atoms with Gasteiger partial charge in [0, 0.05) is 5.16 Å². The maximum atomic E-state index is 3.75. The fourth-order valence-electron chi connectivity index (χ4n) is 1.11. The van der Waals surface area contributed by atoms with Crippen molar-refractivity contribution in [2.75, 3.05) is 0 Å². The lowest BCUT2D eigenvalue weighted by Gasteiger charge is -2.29. The average Bonchev–Trinajstić information content (AvgIpc) is 1.92.